The first-order valence-electron chi connectivity index (χ1n) is 9.67. The summed E-state index contributed by atoms with van der Waals surface area (Å²) < 4.78 is 0. The molecule has 0 aromatic heterocycles. The Balaban J connectivity index is 2.48. The molecule has 25 heavy (non-hydrogen) atoms. The molecule has 4 nitrogen and oxygen atoms in total. The first-order chi connectivity index (χ1) is 12.0. The minimum atomic E-state index is -0.650. The SMILES string of the molecule is CCCCC[C@H](O)/C=C/[C@H]1[C@H](O)CC(=O)[C@@H]1C/C=C\CCCC(C)=O. The van der Waals surface area contributed by atoms with E-state index in [2.05, 4.69) is 6.92 Å². The Labute approximate surface area is 152 Å². The third-order valence-electron chi connectivity index (χ3n) is 4.85. The lowest BCUT2D eigenvalue weighted by Gasteiger charge is -2.16. The van der Waals surface area contributed by atoms with Gasteiger partial charge in [-0.3, -0.25) is 4.79 Å². The van der Waals surface area contributed by atoms with Crippen molar-refractivity contribution in [2.75, 3.05) is 0 Å². The smallest absolute Gasteiger partial charge is 0.139 e. The summed E-state index contributed by atoms with van der Waals surface area (Å²) in [5, 5.41) is 20.1. The number of ketones is 2. The molecule has 1 aliphatic carbocycles. The Bertz CT molecular complexity index is 467. The predicted octanol–water partition coefficient (Wildman–Crippen LogP) is 3.76. The molecule has 0 unspecified atom stereocenters. The van der Waals surface area contributed by atoms with Gasteiger partial charge in [-0.25, -0.2) is 0 Å². The summed E-state index contributed by atoms with van der Waals surface area (Å²) in [7, 11) is 0. The van der Waals surface area contributed by atoms with E-state index < -0.39 is 12.2 Å². The lowest BCUT2D eigenvalue weighted by atomic mass is 9.90. The number of carbonyl (C=O) groups excluding carboxylic acids is 2. The molecule has 1 aliphatic rings. The van der Waals surface area contributed by atoms with E-state index in [1.54, 1.807) is 13.0 Å². The van der Waals surface area contributed by atoms with Gasteiger partial charge in [0, 0.05) is 24.7 Å². The van der Waals surface area contributed by atoms with Crippen LogP contribution in [0.15, 0.2) is 24.3 Å². The summed E-state index contributed by atoms with van der Waals surface area (Å²) >= 11 is 0. The first kappa shape index (κ1) is 21.8. The van der Waals surface area contributed by atoms with Crippen molar-refractivity contribution in [1.82, 2.24) is 0 Å². The second-order valence-corrected chi connectivity index (χ2v) is 7.17. The summed E-state index contributed by atoms with van der Waals surface area (Å²) in [6.45, 7) is 3.72. The van der Waals surface area contributed by atoms with Crippen LogP contribution in [0.1, 0.15) is 71.6 Å². The van der Waals surface area contributed by atoms with Gasteiger partial charge in [0.25, 0.3) is 0 Å². The molecule has 0 amide bonds. The molecule has 4 heteroatoms. The molecule has 0 aromatic rings. The Hall–Kier alpha value is -1.26. The van der Waals surface area contributed by atoms with Crippen LogP contribution in [0.5, 0.6) is 0 Å². The van der Waals surface area contributed by atoms with Gasteiger partial charge in [-0.05, 0) is 32.6 Å². The van der Waals surface area contributed by atoms with E-state index in [0.29, 0.717) is 12.8 Å². The zero-order valence-electron chi connectivity index (χ0n) is 15.7. The molecule has 0 radical (unpaired) electrons. The van der Waals surface area contributed by atoms with Crippen LogP contribution in [0.4, 0.5) is 0 Å². The van der Waals surface area contributed by atoms with Crippen molar-refractivity contribution in [3.63, 3.8) is 0 Å². The number of Topliss-reactive ketones (excluding diaryl/α,β-unsaturated/α-hetero) is 2. The van der Waals surface area contributed by atoms with Gasteiger partial charge in [-0.15, -0.1) is 0 Å². The first-order valence-corrected chi connectivity index (χ1v) is 9.67. The standard InChI is InChI=1S/C21H34O4/c1-3-4-7-11-17(23)13-14-19-18(20(24)15-21(19)25)12-9-6-5-8-10-16(2)22/h6,9,13-14,17-19,21,23,25H,3-5,7-8,10-12,15H2,1-2H3/b9-6-,14-13+/t17-,18+,19+,21+/m0/s1. The number of allylic oxidation sites excluding steroid dienone is 2. The number of unbranched alkanes of at least 4 members (excludes halogenated alkanes) is 3. The van der Waals surface area contributed by atoms with Crippen LogP contribution in [0, 0.1) is 11.8 Å². The Kier molecular flexibility index (Phi) is 10.6. The maximum atomic E-state index is 12.1. The van der Waals surface area contributed by atoms with Crippen LogP contribution in [0.25, 0.3) is 0 Å². The lowest BCUT2D eigenvalue weighted by molar-refractivity contribution is -0.121. The van der Waals surface area contributed by atoms with Crippen molar-refractivity contribution in [1.29, 1.82) is 0 Å². The van der Waals surface area contributed by atoms with Gasteiger partial charge in [-0.2, -0.15) is 0 Å². The summed E-state index contributed by atoms with van der Waals surface area (Å²) in [5.74, 6) is -0.130. The van der Waals surface area contributed by atoms with E-state index >= 15 is 0 Å². The lowest BCUT2D eigenvalue weighted by Crippen LogP contribution is -2.18. The Morgan fingerprint density at radius 2 is 2.04 bits per heavy atom. The highest BCUT2D eigenvalue weighted by Crippen LogP contribution is 2.33. The third-order valence-corrected chi connectivity index (χ3v) is 4.85. The number of hydrogen-bond donors (Lipinski definition) is 2. The van der Waals surface area contributed by atoms with Crippen molar-refractivity contribution in [3.8, 4) is 0 Å². The second-order valence-electron chi connectivity index (χ2n) is 7.17. The summed E-state index contributed by atoms with van der Waals surface area (Å²) in [5.41, 5.74) is 0. The highest BCUT2D eigenvalue weighted by Gasteiger charge is 2.39. The van der Waals surface area contributed by atoms with Crippen LogP contribution in [0.2, 0.25) is 0 Å². The predicted molar refractivity (Wildman–Crippen MR) is 100 cm³/mol. The number of aliphatic hydroxyl groups excluding tert-OH is 2. The van der Waals surface area contributed by atoms with Crippen LogP contribution in [-0.2, 0) is 9.59 Å². The van der Waals surface area contributed by atoms with Crippen molar-refractivity contribution in [2.24, 2.45) is 11.8 Å². The molecule has 0 bridgehead atoms. The highest BCUT2D eigenvalue weighted by molar-refractivity contribution is 5.84. The van der Waals surface area contributed by atoms with Gasteiger partial charge >= 0.3 is 0 Å². The van der Waals surface area contributed by atoms with E-state index in [1.165, 1.54) is 0 Å². The molecule has 0 spiro atoms. The fourth-order valence-corrected chi connectivity index (χ4v) is 3.31. The molecule has 0 aliphatic heterocycles. The van der Waals surface area contributed by atoms with E-state index in [-0.39, 0.29) is 29.8 Å². The molecular formula is C21H34O4. The topological polar surface area (TPSA) is 74.6 Å². The average molecular weight is 350 g/mol. The Morgan fingerprint density at radius 3 is 2.72 bits per heavy atom. The summed E-state index contributed by atoms with van der Waals surface area (Å²) in [4.78, 5) is 23.0. The molecule has 0 heterocycles. The molecule has 0 saturated heterocycles. The number of rotatable bonds is 12. The second kappa shape index (κ2) is 12.2. The van der Waals surface area contributed by atoms with Crippen molar-refractivity contribution in [2.45, 2.75) is 83.8 Å². The summed E-state index contributed by atoms with van der Waals surface area (Å²) in [6.07, 6.45) is 13.4. The fourth-order valence-electron chi connectivity index (χ4n) is 3.31. The quantitative estimate of drug-likeness (QED) is 0.415. The normalized spacial score (nSPS) is 25.3. The van der Waals surface area contributed by atoms with Crippen LogP contribution in [-0.4, -0.2) is 34.0 Å². The van der Waals surface area contributed by atoms with Gasteiger partial charge in [0.1, 0.15) is 11.6 Å². The van der Waals surface area contributed by atoms with E-state index in [0.717, 1.165) is 38.5 Å². The zero-order valence-corrected chi connectivity index (χ0v) is 15.7. The van der Waals surface area contributed by atoms with Gasteiger partial charge < -0.3 is 15.0 Å². The van der Waals surface area contributed by atoms with Gasteiger partial charge in [0.2, 0.25) is 0 Å². The van der Waals surface area contributed by atoms with E-state index in [4.69, 9.17) is 0 Å². The molecular weight excluding hydrogens is 316 g/mol. The van der Waals surface area contributed by atoms with Gasteiger partial charge in [0.05, 0.1) is 12.2 Å². The Morgan fingerprint density at radius 1 is 1.28 bits per heavy atom. The third kappa shape index (κ3) is 8.59. The maximum Gasteiger partial charge on any atom is 0.139 e. The van der Waals surface area contributed by atoms with Crippen molar-refractivity contribution in [3.05, 3.63) is 24.3 Å². The molecule has 1 fully saturated rings. The van der Waals surface area contributed by atoms with Gasteiger partial charge in [-0.1, -0.05) is 50.5 Å². The molecule has 4 atom stereocenters. The van der Waals surface area contributed by atoms with Crippen LogP contribution < -0.4 is 0 Å². The van der Waals surface area contributed by atoms with E-state index in [9.17, 15) is 19.8 Å². The molecule has 142 valence electrons. The number of aliphatic hydroxyl groups is 2. The van der Waals surface area contributed by atoms with Crippen molar-refractivity contribution >= 4 is 11.6 Å². The highest BCUT2D eigenvalue weighted by atomic mass is 16.3. The van der Waals surface area contributed by atoms with Crippen LogP contribution in [0.3, 0.4) is 0 Å². The van der Waals surface area contributed by atoms with Crippen molar-refractivity contribution < 1.29 is 19.8 Å². The molecule has 2 N–H and O–H groups in total. The number of hydrogen-bond acceptors (Lipinski definition) is 4. The molecule has 0 aromatic carbocycles. The van der Waals surface area contributed by atoms with Gasteiger partial charge in [0.15, 0.2) is 0 Å². The monoisotopic (exact) mass is 350 g/mol. The molecule has 1 saturated carbocycles. The molecule has 1 rings (SSSR count). The minimum absolute atomic E-state index is 0.0935. The maximum absolute atomic E-state index is 12.1. The minimum Gasteiger partial charge on any atom is -0.392 e. The number of carbonyl (C=O) groups is 2. The zero-order chi connectivity index (χ0) is 18.7. The fraction of sp³-hybridized carbons (Fsp3) is 0.714. The largest absolute Gasteiger partial charge is 0.392 e. The van der Waals surface area contributed by atoms with Crippen LogP contribution >= 0.6 is 0 Å². The summed E-state index contributed by atoms with van der Waals surface area (Å²) in [6, 6.07) is 0. The van der Waals surface area contributed by atoms with E-state index in [1.807, 2.05) is 18.2 Å². The average Bonchev–Trinajstić information content (AvgIpc) is 2.82.